The molecule has 0 bridgehead atoms. The minimum absolute atomic E-state index is 0.0155. The van der Waals surface area contributed by atoms with Crippen LogP contribution in [0, 0.1) is 5.92 Å². The lowest BCUT2D eigenvalue weighted by atomic mass is 10.0. The smallest absolute Gasteiger partial charge is 0.179 e. The van der Waals surface area contributed by atoms with Crippen LogP contribution in [-0.2, 0) is 4.74 Å². The molecule has 0 spiro atoms. The van der Waals surface area contributed by atoms with Crippen molar-refractivity contribution in [2.45, 2.75) is 19.4 Å². The maximum Gasteiger partial charge on any atom is 0.179 e. The molecule has 1 N–H and O–H groups in total. The lowest BCUT2D eigenvalue weighted by Crippen LogP contribution is -2.05. The van der Waals surface area contributed by atoms with Gasteiger partial charge >= 0.3 is 0 Å². The SMILES string of the molecule is CC1CCOC1c1nc2nc(Cl)c(Cl)cc2[nH]1. The van der Waals surface area contributed by atoms with Crippen molar-refractivity contribution in [2.24, 2.45) is 5.92 Å². The molecule has 90 valence electrons. The molecule has 1 aliphatic heterocycles. The van der Waals surface area contributed by atoms with Crippen LogP contribution in [0.4, 0.5) is 0 Å². The van der Waals surface area contributed by atoms with Gasteiger partial charge in [0.25, 0.3) is 0 Å². The first kappa shape index (κ1) is 11.3. The molecule has 1 saturated heterocycles. The van der Waals surface area contributed by atoms with Crippen LogP contribution in [0.15, 0.2) is 6.07 Å². The summed E-state index contributed by atoms with van der Waals surface area (Å²) < 4.78 is 5.65. The topological polar surface area (TPSA) is 50.8 Å². The lowest BCUT2D eigenvalue weighted by molar-refractivity contribution is 0.0882. The van der Waals surface area contributed by atoms with Crippen molar-refractivity contribution in [1.29, 1.82) is 0 Å². The van der Waals surface area contributed by atoms with E-state index >= 15 is 0 Å². The third kappa shape index (κ3) is 1.90. The van der Waals surface area contributed by atoms with Crippen molar-refractivity contribution in [3.8, 4) is 0 Å². The number of hydrogen-bond acceptors (Lipinski definition) is 3. The van der Waals surface area contributed by atoms with Crippen LogP contribution < -0.4 is 0 Å². The number of hydrogen-bond donors (Lipinski definition) is 1. The van der Waals surface area contributed by atoms with Gasteiger partial charge < -0.3 is 9.72 Å². The van der Waals surface area contributed by atoms with E-state index in [-0.39, 0.29) is 11.3 Å². The molecule has 0 radical (unpaired) electrons. The average Bonchev–Trinajstić information content (AvgIpc) is 2.85. The first-order valence-electron chi connectivity index (χ1n) is 5.48. The molecule has 0 saturated carbocycles. The predicted octanol–water partition coefficient (Wildman–Crippen LogP) is 3.36. The summed E-state index contributed by atoms with van der Waals surface area (Å²) >= 11 is 11.8. The molecule has 1 fully saturated rings. The minimum atomic E-state index is 0.0155. The van der Waals surface area contributed by atoms with E-state index in [9.17, 15) is 0 Å². The maximum atomic E-state index is 5.91. The van der Waals surface area contributed by atoms with Crippen LogP contribution in [0.1, 0.15) is 25.3 Å². The first-order valence-corrected chi connectivity index (χ1v) is 6.24. The molecule has 3 rings (SSSR count). The molecular weight excluding hydrogens is 261 g/mol. The molecule has 6 heteroatoms. The minimum Gasteiger partial charge on any atom is -0.370 e. The zero-order valence-electron chi connectivity index (χ0n) is 9.20. The Morgan fingerprint density at radius 3 is 2.94 bits per heavy atom. The monoisotopic (exact) mass is 271 g/mol. The second-order valence-corrected chi connectivity index (χ2v) is 5.08. The van der Waals surface area contributed by atoms with Gasteiger partial charge in [-0.15, -0.1) is 0 Å². The maximum absolute atomic E-state index is 5.91. The lowest BCUT2D eigenvalue weighted by Gasteiger charge is -2.10. The average molecular weight is 272 g/mol. The summed E-state index contributed by atoms with van der Waals surface area (Å²) in [5.74, 6) is 1.26. The Hall–Kier alpha value is -0.840. The van der Waals surface area contributed by atoms with Crippen molar-refractivity contribution < 1.29 is 4.74 Å². The number of aromatic amines is 1. The summed E-state index contributed by atoms with van der Waals surface area (Å²) in [5.41, 5.74) is 1.37. The fourth-order valence-electron chi connectivity index (χ4n) is 2.09. The molecule has 0 aliphatic carbocycles. The van der Waals surface area contributed by atoms with Gasteiger partial charge in [-0.2, -0.15) is 0 Å². The van der Waals surface area contributed by atoms with Crippen LogP contribution in [0.3, 0.4) is 0 Å². The van der Waals surface area contributed by atoms with E-state index in [1.54, 1.807) is 6.07 Å². The molecule has 2 aromatic rings. The summed E-state index contributed by atoms with van der Waals surface area (Å²) in [7, 11) is 0. The molecule has 17 heavy (non-hydrogen) atoms. The Bertz CT molecular complexity index is 530. The Morgan fingerprint density at radius 2 is 2.24 bits per heavy atom. The summed E-state index contributed by atoms with van der Waals surface area (Å²) in [4.78, 5) is 11.7. The number of imidazole rings is 1. The highest BCUT2D eigenvalue weighted by atomic mass is 35.5. The molecule has 2 aromatic heterocycles. The van der Waals surface area contributed by atoms with Crippen LogP contribution >= 0.6 is 23.2 Å². The number of fused-ring (bicyclic) bond motifs is 1. The second kappa shape index (κ2) is 4.12. The van der Waals surface area contributed by atoms with E-state index in [4.69, 9.17) is 27.9 Å². The largest absolute Gasteiger partial charge is 0.370 e. The molecule has 2 unspecified atom stereocenters. The Morgan fingerprint density at radius 1 is 1.41 bits per heavy atom. The number of H-pyrrole nitrogens is 1. The van der Waals surface area contributed by atoms with E-state index in [0.717, 1.165) is 24.4 Å². The van der Waals surface area contributed by atoms with E-state index in [2.05, 4.69) is 21.9 Å². The van der Waals surface area contributed by atoms with Crippen LogP contribution in [0.25, 0.3) is 11.2 Å². The molecule has 0 amide bonds. The predicted molar refractivity (Wildman–Crippen MR) is 66.4 cm³/mol. The Kier molecular flexibility index (Phi) is 2.73. The van der Waals surface area contributed by atoms with E-state index < -0.39 is 0 Å². The summed E-state index contributed by atoms with van der Waals surface area (Å²) in [5, 5.41) is 0.701. The number of ether oxygens (including phenoxy) is 1. The Balaban J connectivity index is 2.07. The fraction of sp³-hybridized carbons (Fsp3) is 0.455. The molecule has 2 atom stereocenters. The highest BCUT2D eigenvalue weighted by Crippen LogP contribution is 2.33. The fourth-order valence-corrected chi connectivity index (χ4v) is 2.38. The zero-order valence-corrected chi connectivity index (χ0v) is 10.7. The second-order valence-electron chi connectivity index (χ2n) is 4.31. The van der Waals surface area contributed by atoms with Gasteiger partial charge in [0.15, 0.2) is 5.65 Å². The van der Waals surface area contributed by atoms with Gasteiger partial charge in [0, 0.05) is 6.61 Å². The van der Waals surface area contributed by atoms with Gasteiger partial charge in [0.1, 0.15) is 17.1 Å². The molecule has 3 heterocycles. The van der Waals surface area contributed by atoms with Crippen LogP contribution in [-0.4, -0.2) is 21.6 Å². The number of rotatable bonds is 1. The van der Waals surface area contributed by atoms with Gasteiger partial charge in [-0.3, -0.25) is 0 Å². The van der Waals surface area contributed by atoms with Gasteiger partial charge in [-0.1, -0.05) is 30.1 Å². The molecular formula is C11H11Cl2N3O. The van der Waals surface area contributed by atoms with Crippen molar-refractivity contribution in [3.63, 3.8) is 0 Å². The van der Waals surface area contributed by atoms with Crippen LogP contribution in [0.5, 0.6) is 0 Å². The number of nitrogens with one attached hydrogen (secondary N) is 1. The number of pyridine rings is 1. The molecule has 0 aromatic carbocycles. The number of aromatic nitrogens is 3. The normalized spacial score (nSPS) is 24.6. The highest BCUT2D eigenvalue weighted by molar-refractivity contribution is 6.41. The standard InChI is InChI=1S/C11H11Cl2N3O/c1-5-2-3-17-8(5)11-14-7-4-6(12)9(13)15-10(7)16-11/h4-5,8H,2-3H2,1H3,(H,14,15,16). The van der Waals surface area contributed by atoms with Crippen molar-refractivity contribution in [1.82, 2.24) is 15.0 Å². The Labute approximate surface area is 108 Å². The van der Waals surface area contributed by atoms with E-state index in [1.165, 1.54) is 0 Å². The van der Waals surface area contributed by atoms with Crippen LogP contribution in [0.2, 0.25) is 10.2 Å². The molecule has 4 nitrogen and oxygen atoms in total. The van der Waals surface area contributed by atoms with E-state index in [1.807, 2.05) is 0 Å². The van der Waals surface area contributed by atoms with Gasteiger partial charge in [0.05, 0.1) is 10.5 Å². The van der Waals surface area contributed by atoms with Crippen molar-refractivity contribution >= 4 is 34.4 Å². The van der Waals surface area contributed by atoms with Gasteiger partial charge in [-0.25, -0.2) is 9.97 Å². The zero-order chi connectivity index (χ0) is 12.0. The quantitative estimate of drug-likeness (QED) is 0.810. The highest BCUT2D eigenvalue weighted by Gasteiger charge is 2.28. The summed E-state index contributed by atoms with van der Waals surface area (Å²) in [6.07, 6.45) is 1.07. The van der Waals surface area contributed by atoms with Gasteiger partial charge in [-0.05, 0) is 18.4 Å². The number of halogens is 2. The third-order valence-electron chi connectivity index (χ3n) is 3.06. The summed E-state index contributed by atoms with van der Waals surface area (Å²) in [6.45, 7) is 2.93. The molecule has 1 aliphatic rings. The van der Waals surface area contributed by atoms with Gasteiger partial charge in [0.2, 0.25) is 0 Å². The number of nitrogens with zero attached hydrogens (tertiary/aromatic N) is 2. The third-order valence-corrected chi connectivity index (χ3v) is 3.73. The van der Waals surface area contributed by atoms with Crippen molar-refractivity contribution in [3.05, 3.63) is 22.1 Å². The summed E-state index contributed by atoms with van der Waals surface area (Å²) in [6, 6.07) is 1.74. The van der Waals surface area contributed by atoms with E-state index in [0.29, 0.717) is 16.6 Å². The van der Waals surface area contributed by atoms with Crippen molar-refractivity contribution in [2.75, 3.05) is 6.61 Å². The first-order chi connectivity index (χ1) is 8.15.